The van der Waals surface area contributed by atoms with E-state index in [0.717, 1.165) is 21.9 Å². The van der Waals surface area contributed by atoms with Crippen LogP contribution < -0.4 is 0 Å². The molecule has 4 nitrogen and oxygen atoms in total. The maximum Gasteiger partial charge on any atom is 0.207 e. The van der Waals surface area contributed by atoms with Gasteiger partial charge in [0.25, 0.3) is 0 Å². The second-order valence-corrected chi connectivity index (χ2v) is 13.8. The van der Waals surface area contributed by atoms with E-state index in [1.807, 2.05) is 62.4 Å². The van der Waals surface area contributed by atoms with Gasteiger partial charge in [0.1, 0.15) is 0 Å². The van der Waals surface area contributed by atoms with E-state index in [-0.39, 0.29) is 19.6 Å². The van der Waals surface area contributed by atoms with Crippen molar-refractivity contribution in [3.63, 3.8) is 0 Å². The van der Waals surface area contributed by atoms with Gasteiger partial charge in [0, 0.05) is 11.1 Å². The summed E-state index contributed by atoms with van der Waals surface area (Å²) in [6.07, 6.45) is 0. The summed E-state index contributed by atoms with van der Waals surface area (Å²) in [6, 6.07) is 35.1. The number of hydrogen-bond acceptors (Lipinski definition) is 4. The van der Waals surface area contributed by atoms with Crippen molar-refractivity contribution in [1.29, 1.82) is 0 Å². The summed E-state index contributed by atoms with van der Waals surface area (Å²) >= 11 is 0. The van der Waals surface area contributed by atoms with Gasteiger partial charge in [-0.05, 0) is 71.8 Å². The Balaban J connectivity index is 1.78. The van der Waals surface area contributed by atoms with Crippen LogP contribution >= 0.6 is 0 Å². The van der Waals surface area contributed by atoms with E-state index < -0.39 is 19.7 Å². The number of sulfone groups is 2. The second-order valence-electron chi connectivity index (χ2n) is 9.95. The second kappa shape index (κ2) is 9.73. The Bertz CT molecular complexity index is 1970. The SMILES string of the molecule is Cc1ccc(S(=O)(=O)c2ccc3ccccc3c2-c2c(S(=O)(=O)c3ccc(C)cc3)ccc3ccccc23)cc1. The monoisotopic (exact) mass is 562 g/mol. The molecule has 0 aliphatic carbocycles. The van der Waals surface area contributed by atoms with Crippen molar-refractivity contribution in [3.8, 4) is 11.1 Å². The van der Waals surface area contributed by atoms with Crippen molar-refractivity contribution in [2.45, 2.75) is 33.4 Å². The van der Waals surface area contributed by atoms with Crippen LogP contribution in [-0.2, 0) is 19.7 Å². The number of benzene rings is 6. The maximum absolute atomic E-state index is 14.2. The molecule has 0 unspecified atom stereocenters. The van der Waals surface area contributed by atoms with Crippen molar-refractivity contribution < 1.29 is 16.8 Å². The van der Waals surface area contributed by atoms with E-state index in [0.29, 0.717) is 21.9 Å². The van der Waals surface area contributed by atoms with Crippen molar-refractivity contribution in [2.75, 3.05) is 0 Å². The van der Waals surface area contributed by atoms with E-state index in [2.05, 4.69) is 0 Å². The Morgan fingerprint density at radius 3 is 1.12 bits per heavy atom. The topological polar surface area (TPSA) is 68.3 Å². The summed E-state index contributed by atoms with van der Waals surface area (Å²) in [4.78, 5) is 0.425. The number of rotatable bonds is 5. The van der Waals surface area contributed by atoms with Gasteiger partial charge in [0.05, 0.1) is 19.6 Å². The number of fused-ring (bicyclic) bond motifs is 2. The van der Waals surface area contributed by atoms with Crippen LogP contribution in [0.1, 0.15) is 11.1 Å². The van der Waals surface area contributed by atoms with Crippen molar-refractivity contribution in [3.05, 3.63) is 132 Å². The molecule has 6 aromatic rings. The van der Waals surface area contributed by atoms with Gasteiger partial charge < -0.3 is 0 Å². The molecule has 0 amide bonds. The molecule has 0 fully saturated rings. The lowest BCUT2D eigenvalue weighted by molar-refractivity contribution is 0.594. The first-order valence-corrected chi connectivity index (χ1v) is 15.8. The molecule has 0 bridgehead atoms. The summed E-state index contributed by atoms with van der Waals surface area (Å²) < 4.78 is 57.0. The minimum absolute atomic E-state index is 0.0618. The number of hydrogen-bond donors (Lipinski definition) is 0. The minimum atomic E-state index is -4.02. The van der Waals surface area contributed by atoms with Crippen LogP contribution in [0.15, 0.2) is 141 Å². The van der Waals surface area contributed by atoms with E-state index in [1.165, 1.54) is 0 Å². The van der Waals surface area contributed by atoms with Crippen LogP contribution in [-0.4, -0.2) is 16.8 Å². The largest absolute Gasteiger partial charge is 0.218 e. The van der Waals surface area contributed by atoms with Gasteiger partial charge in [0.15, 0.2) is 0 Å². The molecule has 0 atom stereocenters. The fourth-order valence-corrected chi connectivity index (χ4v) is 8.11. The number of aryl methyl sites for hydroxylation is 2. The van der Waals surface area contributed by atoms with Crippen LogP contribution in [0.3, 0.4) is 0 Å². The van der Waals surface area contributed by atoms with Gasteiger partial charge in [-0.2, -0.15) is 0 Å². The van der Waals surface area contributed by atoms with Crippen LogP contribution in [0.5, 0.6) is 0 Å². The third-order valence-electron chi connectivity index (χ3n) is 7.27. The van der Waals surface area contributed by atoms with Gasteiger partial charge in [-0.3, -0.25) is 0 Å². The zero-order valence-corrected chi connectivity index (χ0v) is 23.6. The van der Waals surface area contributed by atoms with E-state index >= 15 is 0 Å². The summed E-state index contributed by atoms with van der Waals surface area (Å²) in [5.41, 5.74) is 2.64. The average Bonchev–Trinajstić information content (AvgIpc) is 2.96. The fourth-order valence-electron chi connectivity index (χ4n) is 5.16. The standard InChI is InChI=1S/C34H26O4S2/c1-23-11-17-27(18-12-23)39(35,36)31-21-15-25-7-3-5-9-29(25)33(31)34-30-10-6-4-8-26(30)16-22-32(34)40(37,38)28-19-13-24(2)14-20-28/h3-22H,1-2H3. The highest BCUT2D eigenvalue weighted by atomic mass is 32.2. The molecule has 0 saturated carbocycles. The van der Waals surface area contributed by atoms with Crippen LogP contribution in [0.2, 0.25) is 0 Å². The van der Waals surface area contributed by atoms with Crippen LogP contribution in [0.4, 0.5) is 0 Å². The molecular formula is C34H26O4S2. The summed E-state index contributed by atoms with van der Waals surface area (Å²) in [5.74, 6) is 0. The third-order valence-corrected chi connectivity index (χ3v) is 10.9. The first-order valence-electron chi connectivity index (χ1n) is 12.9. The van der Waals surface area contributed by atoms with E-state index in [9.17, 15) is 16.8 Å². The Hall–Kier alpha value is -4.26. The molecule has 198 valence electrons. The lowest BCUT2D eigenvalue weighted by atomic mass is 9.94. The lowest BCUT2D eigenvalue weighted by Crippen LogP contribution is -2.08. The highest BCUT2D eigenvalue weighted by Crippen LogP contribution is 2.44. The molecule has 40 heavy (non-hydrogen) atoms. The molecule has 6 aromatic carbocycles. The normalized spacial score (nSPS) is 12.2. The minimum Gasteiger partial charge on any atom is -0.218 e. The Kier molecular flexibility index (Phi) is 6.32. The zero-order valence-electron chi connectivity index (χ0n) is 22.0. The van der Waals surface area contributed by atoms with E-state index in [4.69, 9.17) is 0 Å². The quantitative estimate of drug-likeness (QED) is 0.214. The van der Waals surface area contributed by atoms with Crippen molar-refractivity contribution in [2.24, 2.45) is 0 Å². The highest BCUT2D eigenvalue weighted by molar-refractivity contribution is 7.92. The van der Waals surface area contributed by atoms with Gasteiger partial charge >= 0.3 is 0 Å². The molecule has 6 rings (SSSR count). The molecule has 0 N–H and O–H groups in total. The first-order chi connectivity index (χ1) is 19.2. The predicted molar refractivity (Wildman–Crippen MR) is 160 cm³/mol. The van der Waals surface area contributed by atoms with E-state index in [1.54, 1.807) is 72.8 Å². The average molecular weight is 563 g/mol. The molecule has 0 radical (unpaired) electrons. The van der Waals surface area contributed by atoms with Gasteiger partial charge in [0.2, 0.25) is 19.7 Å². The third kappa shape index (κ3) is 4.30. The van der Waals surface area contributed by atoms with Gasteiger partial charge in [-0.1, -0.05) is 96.1 Å². The first kappa shape index (κ1) is 26.0. The molecule has 0 aliphatic heterocycles. The maximum atomic E-state index is 14.2. The molecule has 6 heteroatoms. The summed E-state index contributed by atoms with van der Waals surface area (Å²) in [7, 11) is -8.04. The zero-order chi connectivity index (χ0) is 28.1. The Labute approximate surface area is 234 Å². The van der Waals surface area contributed by atoms with Crippen molar-refractivity contribution in [1.82, 2.24) is 0 Å². The van der Waals surface area contributed by atoms with Crippen molar-refractivity contribution >= 4 is 41.2 Å². The molecule has 0 aliphatic rings. The predicted octanol–water partition coefficient (Wildman–Crippen LogP) is 7.94. The molecule has 0 heterocycles. The summed E-state index contributed by atoms with van der Waals surface area (Å²) in [5, 5.41) is 2.94. The van der Waals surface area contributed by atoms with Crippen LogP contribution in [0, 0.1) is 13.8 Å². The summed E-state index contributed by atoms with van der Waals surface area (Å²) in [6.45, 7) is 3.80. The Morgan fingerprint density at radius 2 is 0.750 bits per heavy atom. The molecule has 0 spiro atoms. The smallest absolute Gasteiger partial charge is 0.207 e. The molecule has 0 aromatic heterocycles. The van der Waals surface area contributed by atoms with Gasteiger partial charge in [-0.25, -0.2) is 16.8 Å². The fraction of sp³-hybridized carbons (Fsp3) is 0.0588. The lowest BCUT2D eigenvalue weighted by Gasteiger charge is -2.20. The molecular weight excluding hydrogens is 537 g/mol. The van der Waals surface area contributed by atoms with Gasteiger partial charge in [-0.15, -0.1) is 0 Å². The molecule has 0 saturated heterocycles. The van der Waals surface area contributed by atoms with Crippen LogP contribution in [0.25, 0.3) is 32.7 Å². The Morgan fingerprint density at radius 1 is 0.400 bits per heavy atom. The highest BCUT2D eigenvalue weighted by Gasteiger charge is 2.30.